The largest absolute Gasteiger partial charge is 0.481 e. The molecule has 0 fully saturated rings. The Morgan fingerprint density at radius 2 is 1.67 bits per heavy atom. The second-order valence-electron chi connectivity index (χ2n) is 7.03. The van der Waals surface area contributed by atoms with E-state index in [0.29, 0.717) is 17.9 Å². The maximum absolute atomic E-state index is 12.6. The summed E-state index contributed by atoms with van der Waals surface area (Å²) in [5.74, 6) is 1.04. The zero-order valence-corrected chi connectivity index (χ0v) is 12.9. The molecule has 0 aliphatic carbocycles. The predicted molar refractivity (Wildman–Crippen MR) is 72.1 cm³/mol. The van der Waals surface area contributed by atoms with E-state index in [0.717, 1.165) is 0 Å². The van der Waals surface area contributed by atoms with Crippen molar-refractivity contribution in [1.82, 2.24) is 0 Å². The van der Waals surface area contributed by atoms with Crippen LogP contribution in [0.3, 0.4) is 0 Å². The zero-order valence-electron chi connectivity index (χ0n) is 12.9. The van der Waals surface area contributed by atoms with Crippen LogP contribution in [0.25, 0.3) is 0 Å². The Hall–Kier alpha value is -0.990. The Bertz CT molecular complexity index is 380. The molecule has 1 unspecified atom stereocenters. The quantitative estimate of drug-likeness (QED) is 0.751. The fourth-order valence-electron chi connectivity index (χ4n) is 1.82. The number of Topliss-reactive ketones (excluding diaryl/α,β-unsaturated/α-hetero) is 1. The van der Waals surface area contributed by atoms with Gasteiger partial charge in [0.2, 0.25) is 11.5 Å². The molecule has 0 saturated heterocycles. The fourth-order valence-corrected chi connectivity index (χ4v) is 1.82. The molecule has 0 aromatic rings. The monoisotopic (exact) mass is 254 g/mol. The zero-order chi connectivity index (χ0) is 14.4. The Morgan fingerprint density at radius 3 is 2.00 bits per heavy atom. The number of ether oxygens (including phenoxy) is 2. The lowest BCUT2D eigenvalue weighted by Gasteiger charge is -2.36. The van der Waals surface area contributed by atoms with E-state index in [-0.39, 0.29) is 11.2 Å². The van der Waals surface area contributed by atoms with Gasteiger partial charge in [0.1, 0.15) is 11.4 Å². The van der Waals surface area contributed by atoms with Gasteiger partial charge >= 0.3 is 0 Å². The van der Waals surface area contributed by atoms with E-state index in [2.05, 4.69) is 0 Å². The van der Waals surface area contributed by atoms with Gasteiger partial charge in [-0.2, -0.15) is 0 Å². The van der Waals surface area contributed by atoms with E-state index in [4.69, 9.17) is 9.47 Å². The standard InChI is InChI=1S/C15H26O3/c1-9-10-11(18-14(5,6)7)12(16)15(8,17-10)13(2,3)4/h9H2,1-8H3. The lowest BCUT2D eigenvalue weighted by atomic mass is 9.75. The van der Waals surface area contributed by atoms with Crippen molar-refractivity contribution in [3.05, 3.63) is 11.5 Å². The summed E-state index contributed by atoms with van der Waals surface area (Å²) in [4.78, 5) is 12.6. The van der Waals surface area contributed by atoms with Crippen LogP contribution in [0, 0.1) is 5.41 Å². The molecule has 104 valence electrons. The molecule has 0 bridgehead atoms. The fraction of sp³-hybridized carbons (Fsp3) is 0.800. The first-order valence-electron chi connectivity index (χ1n) is 6.58. The van der Waals surface area contributed by atoms with Crippen LogP contribution in [0.4, 0.5) is 0 Å². The first kappa shape index (κ1) is 15.1. The van der Waals surface area contributed by atoms with Gasteiger partial charge in [-0.25, -0.2) is 0 Å². The predicted octanol–water partition coefficient (Wildman–Crippen LogP) is 3.83. The molecule has 0 aromatic carbocycles. The minimum Gasteiger partial charge on any atom is -0.481 e. The van der Waals surface area contributed by atoms with Gasteiger partial charge in [-0.1, -0.05) is 27.7 Å². The Morgan fingerprint density at radius 1 is 1.17 bits per heavy atom. The Kier molecular flexibility index (Phi) is 3.59. The van der Waals surface area contributed by atoms with Crippen molar-refractivity contribution >= 4 is 5.78 Å². The minimum absolute atomic E-state index is 0.0400. The topological polar surface area (TPSA) is 35.5 Å². The summed E-state index contributed by atoms with van der Waals surface area (Å²) in [7, 11) is 0. The molecule has 1 atom stereocenters. The van der Waals surface area contributed by atoms with E-state index in [1.807, 2.05) is 55.4 Å². The van der Waals surface area contributed by atoms with Gasteiger partial charge in [-0.3, -0.25) is 4.79 Å². The smallest absolute Gasteiger partial charge is 0.244 e. The maximum atomic E-state index is 12.6. The second-order valence-corrected chi connectivity index (χ2v) is 7.03. The van der Waals surface area contributed by atoms with Gasteiger partial charge in [-0.15, -0.1) is 0 Å². The van der Waals surface area contributed by atoms with Crippen LogP contribution < -0.4 is 0 Å². The summed E-state index contributed by atoms with van der Waals surface area (Å²) in [5.41, 5.74) is -1.50. The third-order valence-corrected chi connectivity index (χ3v) is 3.38. The third-order valence-electron chi connectivity index (χ3n) is 3.38. The van der Waals surface area contributed by atoms with Crippen LogP contribution in [0.5, 0.6) is 0 Å². The average Bonchev–Trinajstić information content (AvgIpc) is 2.40. The van der Waals surface area contributed by atoms with Crippen molar-refractivity contribution in [1.29, 1.82) is 0 Å². The van der Waals surface area contributed by atoms with Crippen LogP contribution in [0.1, 0.15) is 61.8 Å². The highest BCUT2D eigenvalue weighted by Gasteiger charge is 2.54. The summed E-state index contributed by atoms with van der Waals surface area (Å²) in [6.45, 7) is 15.7. The minimum atomic E-state index is -0.834. The number of carbonyl (C=O) groups excluding carboxylic acids is 1. The molecule has 1 heterocycles. The summed E-state index contributed by atoms with van der Waals surface area (Å²) in [6, 6.07) is 0. The first-order valence-corrected chi connectivity index (χ1v) is 6.58. The van der Waals surface area contributed by atoms with Gasteiger partial charge < -0.3 is 9.47 Å². The van der Waals surface area contributed by atoms with Crippen LogP contribution >= 0.6 is 0 Å². The highest BCUT2D eigenvalue weighted by molar-refractivity contribution is 6.03. The first-order chi connectivity index (χ1) is 7.92. The SMILES string of the molecule is CCC1=C(OC(C)(C)C)C(=O)C(C)(C(C)(C)C)O1. The van der Waals surface area contributed by atoms with Crippen molar-refractivity contribution in [3.8, 4) is 0 Å². The van der Waals surface area contributed by atoms with E-state index >= 15 is 0 Å². The van der Waals surface area contributed by atoms with Crippen LogP contribution in [-0.4, -0.2) is 17.0 Å². The van der Waals surface area contributed by atoms with E-state index < -0.39 is 11.2 Å². The molecule has 0 spiro atoms. The molecular weight excluding hydrogens is 228 g/mol. The van der Waals surface area contributed by atoms with Crippen LogP contribution in [0.2, 0.25) is 0 Å². The van der Waals surface area contributed by atoms with Gasteiger partial charge in [0.25, 0.3) is 0 Å². The lowest BCUT2D eigenvalue weighted by Crippen LogP contribution is -2.47. The van der Waals surface area contributed by atoms with Crippen molar-refractivity contribution in [2.24, 2.45) is 5.41 Å². The maximum Gasteiger partial charge on any atom is 0.244 e. The Balaban J connectivity index is 3.14. The number of hydrogen-bond acceptors (Lipinski definition) is 3. The summed E-state index contributed by atoms with van der Waals surface area (Å²) < 4.78 is 11.7. The van der Waals surface area contributed by atoms with Gasteiger partial charge in [0, 0.05) is 11.8 Å². The highest BCUT2D eigenvalue weighted by Crippen LogP contribution is 2.44. The van der Waals surface area contributed by atoms with Crippen molar-refractivity contribution in [2.45, 2.75) is 73.0 Å². The molecule has 0 radical (unpaired) electrons. The molecule has 1 aliphatic rings. The van der Waals surface area contributed by atoms with Crippen LogP contribution in [0.15, 0.2) is 11.5 Å². The number of ketones is 1. The summed E-state index contributed by atoms with van der Waals surface area (Å²) in [6.07, 6.45) is 0.669. The van der Waals surface area contributed by atoms with Gasteiger partial charge in [-0.05, 0) is 27.7 Å². The number of carbonyl (C=O) groups is 1. The molecule has 18 heavy (non-hydrogen) atoms. The average molecular weight is 254 g/mol. The molecule has 3 heteroatoms. The van der Waals surface area contributed by atoms with Crippen molar-refractivity contribution in [3.63, 3.8) is 0 Å². The normalized spacial score (nSPS) is 25.4. The third kappa shape index (κ3) is 2.55. The number of hydrogen-bond donors (Lipinski definition) is 0. The highest BCUT2D eigenvalue weighted by atomic mass is 16.6. The molecule has 0 saturated carbocycles. The van der Waals surface area contributed by atoms with Gasteiger partial charge in [0.05, 0.1) is 0 Å². The number of allylic oxidation sites excluding steroid dienone is 1. The lowest BCUT2D eigenvalue weighted by molar-refractivity contribution is -0.143. The van der Waals surface area contributed by atoms with E-state index in [9.17, 15) is 4.79 Å². The van der Waals surface area contributed by atoms with Crippen molar-refractivity contribution in [2.75, 3.05) is 0 Å². The molecule has 0 amide bonds. The molecule has 0 aromatic heterocycles. The van der Waals surface area contributed by atoms with Gasteiger partial charge in [0.15, 0.2) is 5.60 Å². The van der Waals surface area contributed by atoms with E-state index in [1.165, 1.54) is 0 Å². The molecule has 1 aliphatic heterocycles. The molecule has 3 nitrogen and oxygen atoms in total. The molecule has 1 rings (SSSR count). The van der Waals surface area contributed by atoms with Crippen molar-refractivity contribution < 1.29 is 14.3 Å². The van der Waals surface area contributed by atoms with E-state index in [1.54, 1.807) is 0 Å². The second kappa shape index (κ2) is 4.29. The number of rotatable bonds is 2. The molecule has 0 N–H and O–H groups in total. The molecular formula is C15H26O3. The summed E-state index contributed by atoms with van der Waals surface area (Å²) >= 11 is 0. The Labute approximate surface area is 111 Å². The van der Waals surface area contributed by atoms with Crippen LogP contribution in [-0.2, 0) is 14.3 Å². The summed E-state index contributed by atoms with van der Waals surface area (Å²) in [5, 5.41) is 0.